The average molecular weight is 524 g/mol. The number of hydrogen-bond donors (Lipinski definition) is 1. The van der Waals surface area contributed by atoms with Crippen LogP contribution in [0.2, 0.25) is 0 Å². The molecule has 1 saturated carbocycles. The molecule has 1 aliphatic carbocycles. The van der Waals surface area contributed by atoms with Crippen molar-refractivity contribution in [2.45, 2.75) is 25.4 Å². The lowest BCUT2D eigenvalue weighted by atomic mass is 10.0. The van der Waals surface area contributed by atoms with Crippen molar-refractivity contribution in [2.24, 2.45) is 0 Å². The van der Waals surface area contributed by atoms with Crippen molar-refractivity contribution in [3.8, 4) is 11.3 Å². The molecule has 1 fully saturated rings. The van der Waals surface area contributed by atoms with Crippen LogP contribution in [-0.2, 0) is 21.4 Å². The number of carboxylic acid groups (broad SMARTS) is 1. The number of rotatable bonds is 10. The lowest BCUT2D eigenvalue weighted by Crippen LogP contribution is -2.33. The summed E-state index contributed by atoms with van der Waals surface area (Å²) in [5, 5.41) is 10.4. The number of aromatic carboxylic acids is 1. The lowest BCUT2D eigenvalue weighted by molar-refractivity contribution is 0.0699. The molecule has 9 heteroatoms. The van der Waals surface area contributed by atoms with Gasteiger partial charge in [-0.1, -0.05) is 30.3 Å². The van der Waals surface area contributed by atoms with E-state index < -0.39 is 21.8 Å². The molecule has 4 aromatic rings. The highest BCUT2D eigenvalue weighted by atomic mass is 32.2. The van der Waals surface area contributed by atoms with E-state index in [1.165, 1.54) is 28.6 Å². The first-order chi connectivity index (χ1) is 17.7. The van der Waals surface area contributed by atoms with Crippen LogP contribution >= 0.6 is 0 Å². The van der Waals surface area contributed by atoms with Gasteiger partial charge in [-0.15, -0.1) is 0 Å². The first kappa shape index (κ1) is 25.0. The Kier molecular flexibility index (Phi) is 6.74. The molecule has 7 nitrogen and oxygen atoms in total. The van der Waals surface area contributed by atoms with Crippen LogP contribution in [0.5, 0.6) is 0 Å². The Labute approximate surface area is 214 Å². The summed E-state index contributed by atoms with van der Waals surface area (Å²) in [5.41, 5.74) is 2.83. The van der Waals surface area contributed by atoms with Crippen LogP contribution in [0.25, 0.3) is 22.3 Å². The third-order valence-corrected chi connectivity index (χ3v) is 7.57. The Morgan fingerprint density at radius 2 is 1.81 bits per heavy atom. The molecule has 0 atom stereocenters. The fraction of sp³-hybridized carbons (Fsp3) is 0.250. The van der Waals surface area contributed by atoms with E-state index in [-0.39, 0.29) is 36.0 Å². The summed E-state index contributed by atoms with van der Waals surface area (Å²) >= 11 is 0. The first-order valence-corrected chi connectivity index (χ1v) is 13.8. The zero-order chi connectivity index (χ0) is 26.2. The molecule has 0 amide bonds. The standard InChI is InChI=1S/C28H26FNO6S/c1-37(33,34)30(13-14-35-17-18-5-3-2-4-6-18)24-16-25-23(15-22(24)19-7-8-19)26(28(31)32)27(36-25)20-9-11-21(29)12-10-20/h2-6,9-12,15-16,19H,7-8,13-14,17H2,1H3,(H,31,32). The van der Waals surface area contributed by atoms with Gasteiger partial charge in [0.15, 0.2) is 0 Å². The minimum absolute atomic E-state index is 0.0350. The molecular formula is C28H26FNO6S. The first-order valence-electron chi connectivity index (χ1n) is 11.9. The number of hydrogen-bond acceptors (Lipinski definition) is 5. The SMILES string of the molecule is CS(=O)(=O)N(CCOCc1ccccc1)c1cc2oc(-c3ccc(F)cc3)c(C(=O)O)c2cc1C1CC1. The number of carbonyl (C=O) groups is 1. The van der Waals surface area contributed by atoms with E-state index in [1.807, 2.05) is 30.3 Å². The minimum Gasteiger partial charge on any atom is -0.478 e. The van der Waals surface area contributed by atoms with E-state index in [1.54, 1.807) is 12.1 Å². The number of ether oxygens (including phenoxy) is 1. The molecule has 1 heterocycles. The van der Waals surface area contributed by atoms with E-state index >= 15 is 0 Å². The van der Waals surface area contributed by atoms with Crippen LogP contribution in [0.4, 0.5) is 10.1 Å². The van der Waals surface area contributed by atoms with Gasteiger partial charge >= 0.3 is 5.97 Å². The summed E-state index contributed by atoms with van der Waals surface area (Å²) in [7, 11) is -3.68. The topological polar surface area (TPSA) is 97.0 Å². The van der Waals surface area contributed by atoms with Crippen LogP contribution in [0.3, 0.4) is 0 Å². The predicted octanol–water partition coefficient (Wildman–Crippen LogP) is 5.80. The maximum absolute atomic E-state index is 13.5. The highest BCUT2D eigenvalue weighted by molar-refractivity contribution is 7.92. The van der Waals surface area contributed by atoms with E-state index in [4.69, 9.17) is 9.15 Å². The van der Waals surface area contributed by atoms with E-state index in [9.17, 15) is 22.7 Å². The van der Waals surface area contributed by atoms with Gasteiger partial charge in [0, 0.05) is 17.0 Å². The average Bonchev–Trinajstić information content (AvgIpc) is 3.63. The summed E-state index contributed by atoms with van der Waals surface area (Å²) in [6.45, 7) is 0.617. The Morgan fingerprint density at radius 3 is 2.43 bits per heavy atom. The van der Waals surface area contributed by atoms with Gasteiger partial charge in [-0.2, -0.15) is 0 Å². The molecular weight excluding hydrogens is 497 g/mol. The van der Waals surface area contributed by atoms with Crippen molar-refractivity contribution < 1.29 is 31.9 Å². The molecule has 0 aliphatic heterocycles. The van der Waals surface area contributed by atoms with Crippen LogP contribution in [0.1, 0.15) is 40.2 Å². The Morgan fingerprint density at radius 1 is 1.11 bits per heavy atom. The van der Waals surface area contributed by atoms with E-state index in [0.29, 0.717) is 23.2 Å². The van der Waals surface area contributed by atoms with Gasteiger partial charge in [-0.05, 0) is 60.2 Å². The van der Waals surface area contributed by atoms with Crippen molar-refractivity contribution in [2.75, 3.05) is 23.7 Å². The molecule has 3 aromatic carbocycles. The third kappa shape index (κ3) is 5.38. The van der Waals surface area contributed by atoms with Gasteiger partial charge in [0.05, 0.1) is 31.7 Å². The number of furan rings is 1. The van der Waals surface area contributed by atoms with Gasteiger partial charge in [-0.3, -0.25) is 4.31 Å². The third-order valence-electron chi connectivity index (χ3n) is 6.39. The highest BCUT2D eigenvalue weighted by Gasteiger charge is 2.33. The number of halogens is 1. The van der Waals surface area contributed by atoms with Crippen LogP contribution in [-0.4, -0.2) is 38.9 Å². The van der Waals surface area contributed by atoms with Gasteiger partial charge in [-0.25, -0.2) is 17.6 Å². The molecule has 0 spiro atoms. The maximum atomic E-state index is 13.5. The van der Waals surface area contributed by atoms with Crippen molar-refractivity contribution in [3.05, 3.63) is 89.2 Å². The molecule has 5 rings (SSSR count). The molecule has 1 N–H and O–H groups in total. The molecule has 37 heavy (non-hydrogen) atoms. The quantitative estimate of drug-likeness (QED) is 0.264. The van der Waals surface area contributed by atoms with Crippen molar-refractivity contribution in [1.82, 2.24) is 0 Å². The van der Waals surface area contributed by atoms with E-state index in [2.05, 4.69) is 0 Å². The molecule has 0 bridgehead atoms. The lowest BCUT2D eigenvalue weighted by Gasteiger charge is -2.25. The fourth-order valence-corrected chi connectivity index (χ4v) is 5.40. The molecule has 1 aliphatic rings. The highest BCUT2D eigenvalue weighted by Crippen LogP contribution is 2.48. The zero-order valence-electron chi connectivity index (χ0n) is 20.2. The van der Waals surface area contributed by atoms with Crippen LogP contribution < -0.4 is 4.31 Å². The Hall–Kier alpha value is -3.69. The molecule has 192 valence electrons. The fourth-order valence-electron chi connectivity index (χ4n) is 4.48. The number of fused-ring (bicyclic) bond motifs is 1. The number of nitrogens with zero attached hydrogens (tertiary/aromatic N) is 1. The monoisotopic (exact) mass is 523 g/mol. The second-order valence-electron chi connectivity index (χ2n) is 9.17. The Bertz CT molecular complexity index is 1540. The molecule has 1 aromatic heterocycles. The summed E-state index contributed by atoms with van der Waals surface area (Å²) in [4.78, 5) is 12.2. The normalized spacial score (nSPS) is 13.7. The second kappa shape index (κ2) is 9.99. The maximum Gasteiger partial charge on any atom is 0.340 e. The molecule has 0 radical (unpaired) electrons. The van der Waals surface area contributed by atoms with Crippen molar-refractivity contribution in [1.29, 1.82) is 0 Å². The van der Waals surface area contributed by atoms with E-state index in [0.717, 1.165) is 30.2 Å². The minimum atomic E-state index is -3.68. The summed E-state index contributed by atoms with van der Waals surface area (Å²) < 4.78 is 52.2. The summed E-state index contributed by atoms with van der Waals surface area (Å²) in [6, 6.07) is 18.3. The number of benzene rings is 3. The van der Waals surface area contributed by atoms with Gasteiger partial charge < -0.3 is 14.3 Å². The second-order valence-corrected chi connectivity index (χ2v) is 11.1. The van der Waals surface area contributed by atoms with Gasteiger partial charge in [0.25, 0.3) is 0 Å². The molecule has 0 saturated heterocycles. The van der Waals surface area contributed by atoms with Crippen molar-refractivity contribution in [3.63, 3.8) is 0 Å². The van der Waals surface area contributed by atoms with Gasteiger partial charge in [0.2, 0.25) is 10.0 Å². The smallest absolute Gasteiger partial charge is 0.340 e. The number of anilines is 1. The predicted molar refractivity (Wildman–Crippen MR) is 139 cm³/mol. The number of sulfonamides is 1. The molecule has 0 unspecified atom stereocenters. The largest absolute Gasteiger partial charge is 0.478 e. The Balaban J connectivity index is 1.54. The number of carboxylic acids is 1. The zero-order valence-corrected chi connectivity index (χ0v) is 21.0. The summed E-state index contributed by atoms with van der Waals surface area (Å²) in [6.07, 6.45) is 2.90. The van der Waals surface area contributed by atoms with Crippen LogP contribution in [0.15, 0.2) is 71.1 Å². The summed E-state index contributed by atoms with van der Waals surface area (Å²) in [5.74, 6) is -1.41. The van der Waals surface area contributed by atoms with Crippen molar-refractivity contribution >= 4 is 32.6 Å². The van der Waals surface area contributed by atoms with Gasteiger partial charge in [0.1, 0.15) is 22.7 Å². The van der Waals surface area contributed by atoms with Crippen LogP contribution in [0, 0.1) is 5.82 Å².